The van der Waals surface area contributed by atoms with Crippen molar-refractivity contribution in [1.29, 1.82) is 0 Å². The molecule has 2 aromatic carbocycles. The second kappa shape index (κ2) is 13.5. The van der Waals surface area contributed by atoms with Gasteiger partial charge in [-0.2, -0.15) is 0 Å². The normalized spacial score (nSPS) is 20.0. The predicted molar refractivity (Wildman–Crippen MR) is 135 cm³/mol. The molecule has 2 aliphatic heterocycles. The number of carbonyl (C=O) groups is 1. The molecule has 0 saturated carbocycles. The summed E-state index contributed by atoms with van der Waals surface area (Å²) in [4.78, 5) is 17.2. The first kappa shape index (κ1) is 25.4. The number of unbranched alkanes of at least 4 members (excludes halogenated alkanes) is 1. The van der Waals surface area contributed by atoms with E-state index in [-0.39, 0.29) is 11.9 Å². The molecule has 0 aromatic heterocycles. The zero-order valence-electron chi connectivity index (χ0n) is 20.5. The summed E-state index contributed by atoms with van der Waals surface area (Å²) in [6.07, 6.45) is 9.74. The summed E-state index contributed by atoms with van der Waals surface area (Å²) in [6.45, 7) is 8.59. The average molecular weight is 453 g/mol. The number of hydrogen-bond acceptors (Lipinski definition) is 2. The van der Waals surface area contributed by atoms with Crippen molar-refractivity contribution in [3.05, 3.63) is 71.5 Å². The molecule has 0 aliphatic carbocycles. The maximum Gasteiger partial charge on any atom is 0.239 e. The van der Waals surface area contributed by atoms with E-state index in [1.807, 2.05) is 30.3 Å². The Balaban J connectivity index is 0.000000189. The first-order chi connectivity index (χ1) is 16.1. The van der Waals surface area contributed by atoms with Crippen LogP contribution >= 0.6 is 0 Å². The van der Waals surface area contributed by atoms with E-state index in [2.05, 4.69) is 35.8 Å². The SMILES string of the molecule is CC(c1ccccc1)c1ccc(F)cc1.CCCCN1CCCCC1C(=O)N1CCCCC1. The van der Waals surface area contributed by atoms with Crippen LogP contribution in [0.2, 0.25) is 0 Å². The third-order valence-electron chi connectivity index (χ3n) is 7.03. The lowest BCUT2D eigenvalue weighted by molar-refractivity contribution is -0.139. The van der Waals surface area contributed by atoms with Crippen LogP contribution in [0.3, 0.4) is 0 Å². The van der Waals surface area contributed by atoms with E-state index in [1.54, 1.807) is 0 Å². The van der Waals surface area contributed by atoms with Crippen LogP contribution in [0.4, 0.5) is 4.39 Å². The average Bonchev–Trinajstić information content (AvgIpc) is 2.88. The van der Waals surface area contributed by atoms with Crippen LogP contribution in [0.5, 0.6) is 0 Å². The topological polar surface area (TPSA) is 23.6 Å². The Labute approximate surface area is 200 Å². The molecule has 180 valence electrons. The molecular weight excluding hydrogens is 411 g/mol. The Morgan fingerprint density at radius 2 is 1.55 bits per heavy atom. The third-order valence-corrected chi connectivity index (χ3v) is 7.03. The van der Waals surface area contributed by atoms with Crippen molar-refractivity contribution >= 4 is 5.91 Å². The largest absolute Gasteiger partial charge is 0.341 e. The smallest absolute Gasteiger partial charge is 0.239 e. The molecule has 4 heteroatoms. The van der Waals surface area contributed by atoms with E-state index >= 15 is 0 Å². The van der Waals surface area contributed by atoms with Crippen LogP contribution in [0.1, 0.15) is 82.3 Å². The quantitative estimate of drug-likeness (QED) is 0.491. The second-order valence-corrected chi connectivity index (χ2v) is 9.47. The van der Waals surface area contributed by atoms with Crippen molar-refractivity contribution in [1.82, 2.24) is 9.80 Å². The van der Waals surface area contributed by atoms with E-state index in [4.69, 9.17) is 0 Å². The van der Waals surface area contributed by atoms with Crippen molar-refractivity contribution < 1.29 is 9.18 Å². The van der Waals surface area contributed by atoms with E-state index in [1.165, 1.54) is 62.6 Å². The maximum absolute atomic E-state index is 12.8. The first-order valence-corrected chi connectivity index (χ1v) is 12.9. The highest BCUT2D eigenvalue weighted by Gasteiger charge is 2.31. The van der Waals surface area contributed by atoms with Gasteiger partial charge in [-0.25, -0.2) is 4.39 Å². The second-order valence-electron chi connectivity index (χ2n) is 9.47. The summed E-state index contributed by atoms with van der Waals surface area (Å²) in [5, 5.41) is 0. The van der Waals surface area contributed by atoms with Gasteiger partial charge in [0.15, 0.2) is 0 Å². The van der Waals surface area contributed by atoms with Crippen molar-refractivity contribution in [3.63, 3.8) is 0 Å². The van der Waals surface area contributed by atoms with Crippen molar-refractivity contribution in [2.75, 3.05) is 26.2 Å². The van der Waals surface area contributed by atoms with Crippen molar-refractivity contribution in [2.24, 2.45) is 0 Å². The van der Waals surface area contributed by atoms with Gasteiger partial charge in [0.05, 0.1) is 6.04 Å². The summed E-state index contributed by atoms with van der Waals surface area (Å²) in [5.74, 6) is 0.552. The number of hydrogen-bond donors (Lipinski definition) is 0. The number of benzene rings is 2. The molecule has 2 saturated heterocycles. The fourth-order valence-corrected chi connectivity index (χ4v) is 4.91. The van der Waals surface area contributed by atoms with Gasteiger partial charge in [-0.15, -0.1) is 0 Å². The zero-order chi connectivity index (χ0) is 23.5. The van der Waals surface area contributed by atoms with Crippen molar-refractivity contribution in [2.45, 2.75) is 77.2 Å². The minimum atomic E-state index is -0.181. The Hall–Kier alpha value is -2.20. The van der Waals surface area contributed by atoms with Crippen LogP contribution in [-0.4, -0.2) is 47.9 Å². The third kappa shape index (κ3) is 7.67. The van der Waals surface area contributed by atoms with Gasteiger partial charge in [-0.1, -0.05) is 69.2 Å². The lowest BCUT2D eigenvalue weighted by Crippen LogP contribution is -2.52. The molecule has 2 heterocycles. The molecule has 2 fully saturated rings. The van der Waals surface area contributed by atoms with Crippen LogP contribution in [0, 0.1) is 5.82 Å². The van der Waals surface area contributed by atoms with Gasteiger partial charge in [-0.3, -0.25) is 9.69 Å². The summed E-state index contributed by atoms with van der Waals surface area (Å²) >= 11 is 0. The standard InChI is InChI=1S/C15H28N2O.C14H13F/c1-2-3-10-16-11-8-5-9-14(16)15(18)17-12-6-4-7-13-17;1-11(12-5-3-2-4-6-12)13-7-9-14(15)10-8-13/h14H,2-13H2,1H3;2-11H,1H3. The van der Waals surface area contributed by atoms with Crippen LogP contribution in [0.15, 0.2) is 54.6 Å². The molecule has 0 bridgehead atoms. The molecule has 0 N–H and O–H groups in total. The number of likely N-dealkylation sites (tertiary alicyclic amines) is 2. The molecule has 0 spiro atoms. The Morgan fingerprint density at radius 3 is 2.21 bits per heavy atom. The van der Waals surface area contributed by atoms with Gasteiger partial charge in [0.25, 0.3) is 0 Å². The number of carbonyl (C=O) groups excluding carboxylic acids is 1. The summed E-state index contributed by atoms with van der Waals surface area (Å²) in [5.41, 5.74) is 2.40. The first-order valence-electron chi connectivity index (χ1n) is 12.9. The van der Waals surface area contributed by atoms with Gasteiger partial charge < -0.3 is 4.90 Å². The minimum absolute atomic E-state index is 0.181. The summed E-state index contributed by atoms with van der Waals surface area (Å²) in [6, 6.07) is 17.1. The zero-order valence-corrected chi connectivity index (χ0v) is 20.5. The van der Waals surface area contributed by atoms with Crippen LogP contribution < -0.4 is 0 Å². The van der Waals surface area contributed by atoms with E-state index in [0.717, 1.165) is 38.2 Å². The number of rotatable bonds is 6. The van der Waals surface area contributed by atoms with Crippen LogP contribution in [-0.2, 0) is 4.79 Å². The summed E-state index contributed by atoms with van der Waals surface area (Å²) < 4.78 is 12.8. The number of amides is 1. The number of piperidine rings is 2. The molecule has 3 nitrogen and oxygen atoms in total. The molecule has 4 rings (SSSR count). The fourth-order valence-electron chi connectivity index (χ4n) is 4.91. The van der Waals surface area contributed by atoms with E-state index in [9.17, 15) is 9.18 Å². The Bertz CT molecular complexity index is 817. The van der Waals surface area contributed by atoms with Crippen molar-refractivity contribution in [3.8, 4) is 0 Å². The molecular formula is C29H41FN2O. The number of nitrogens with zero attached hydrogens (tertiary/aromatic N) is 2. The van der Waals surface area contributed by atoms with Gasteiger partial charge in [-0.05, 0) is 74.9 Å². The lowest BCUT2D eigenvalue weighted by Gasteiger charge is -2.38. The number of halogens is 1. The lowest BCUT2D eigenvalue weighted by atomic mass is 9.93. The van der Waals surface area contributed by atoms with Gasteiger partial charge >= 0.3 is 0 Å². The molecule has 33 heavy (non-hydrogen) atoms. The molecule has 1 amide bonds. The van der Waals surface area contributed by atoms with E-state index in [0.29, 0.717) is 11.8 Å². The predicted octanol–water partition coefficient (Wildman–Crippen LogP) is 6.63. The highest BCUT2D eigenvalue weighted by molar-refractivity contribution is 5.82. The molecule has 2 aromatic rings. The highest BCUT2D eigenvalue weighted by Crippen LogP contribution is 2.24. The maximum atomic E-state index is 12.8. The monoisotopic (exact) mass is 452 g/mol. The Morgan fingerprint density at radius 1 is 0.909 bits per heavy atom. The van der Waals surface area contributed by atoms with Gasteiger partial charge in [0.2, 0.25) is 5.91 Å². The van der Waals surface area contributed by atoms with E-state index < -0.39 is 0 Å². The molecule has 2 unspecified atom stereocenters. The molecule has 2 atom stereocenters. The van der Waals surface area contributed by atoms with Gasteiger partial charge in [0, 0.05) is 19.0 Å². The minimum Gasteiger partial charge on any atom is -0.341 e. The molecule has 0 radical (unpaired) electrons. The van der Waals surface area contributed by atoms with Gasteiger partial charge in [0.1, 0.15) is 5.82 Å². The Kier molecular flexibility index (Phi) is 10.4. The van der Waals surface area contributed by atoms with Crippen LogP contribution in [0.25, 0.3) is 0 Å². The fraction of sp³-hybridized carbons (Fsp3) is 0.552. The molecule has 2 aliphatic rings. The highest BCUT2D eigenvalue weighted by atomic mass is 19.1. The summed E-state index contributed by atoms with van der Waals surface area (Å²) in [7, 11) is 0.